The summed E-state index contributed by atoms with van der Waals surface area (Å²) in [6.45, 7) is 2.50. The molecule has 2 heterocycles. The molecule has 21 heavy (non-hydrogen) atoms. The zero-order valence-electron chi connectivity index (χ0n) is 11.9. The van der Waals surface area contributed by atoms with Crippen LogP contribution < -0.4 is 5.73 Å². The molecular formula is C15H19N5O. The molecule has 1 aliphatic rings. The van der Waals surface area contributed by atoms with Crippen molar-refractivity contribution < 1.29 is 4.79 Å². The molecule has 1 aromatic carbocycles. The topological polar surface area (TPSA) is 77.0 Å². The standard InChI is InChI=1S/C15H19N5O/c16-7-10-20-11-14(17-18-20)15(21)19-8-5-12-3-1-2-4-13(12)6-9-19/h1-4,11H,5-10,16H2. The second-order valence-electron chi connectivity index (χ2n) is 5.22. The third kappa shape index (κ3) is 2.95. The quantitative estimate of drug-likeness (QED) is 0.889. The van der Waals surface area contributed by atoms with Crippen molar-refractivity contribution in [3.63, 3.8) is 0 Å². The summed E-state index contributed by atoms with van der Waals surface area (Å²) in [4.78, 5) is 14.4. The van der Waals surface area contributed by atoms with Crippen LogP contribution in [0.15, 0.2) is 30.5 Å². The number of nitrogens with zero attached hydrogens (tertiary/aromatic N) is 4. The second-order valence-corrected chi connectivity index (χ2v) is 5.22. The van der Waals surface area contributed by atoms with Crippen molar-refractivity contribution >= 4 is 5.91 Å². The first-order valence-corrected chi connectivity index (χ1v) is 7.24. The fourth-order valence-electron chi connectivity index (χ4n) is 2.67. The first-order chi connectivity index (χ1) is 10.3. The van der Waals surface area contributed by atoms with Gasteiger partial charge in [0, 0.05) is 19.6 Å². The van der Waals surface area contributed by atoms with Crippen LogP contribution in [-0.4, -0.2) is 45.4 Å². The minimum atomic E-state index is -0.0499. The fraction of sp³-hybridized carbons (Fsp3) is 0.400. The van der Waals surface area contributed by atoms with Crippen molar-refractivity contribution in [2.24, 2.45) is 5.73 Å². The van der Waals surface area contributed by atoms with Gasteiger partial charge in [-0.1, -0.05) is 29.5 Å². The van der Waals surface area contributed by atoms with Crippen LogP contribution in [0, 0.1) is 0 Å². The van der Waals surface area contributed by atoms with E-state index in [0.717, 1.165) is 25.9 Å². The van der Waals surface area contributed by atoms with Gasteiger partial charge in [-0.3, -0.25) is 9.48 Å². The van der Waals surface area contributed by atoms with Gasteiger partial charge in [0.25, 0.3) is 5.91 Å². The minimum Gasteiger partial charge on any atom is -0.337 e. The number of fused-ring (bicyclic) bond motifs is 1. The maximum Gasteiger partial charge on any atom is 0.276 e. The van der Waals surface area contributed by atoms with E-state index in [1.165, 1.54) is 11.1 Å². The summed E-state index contributed by atoms with van der Waals surface area (Å²) >= 11 is 0. The van der Waals surface area contributed by atoms with E-state index in [1.807, 2.05) is 4.90 Å². The highest BCUT2D eigenvalue weighted by molar-refractivity contribution is 5.92. The summed E-state index contributed by atoms with van der Waals surface area (Å²) in [7, 11) is 0. The van der Waals surface area contributed by atoms with Gasteiger partial charge in [-0.2, -0.15) is 0 Å². The van der Waals surface area contributed by atoms with E-state index in [0.29, 0.717) is 18.8 Å². The lowest BCUT2D eigenvalue weighted by atomic mass is 10.0. The van der Waals surface area contributed by atoms with Gasteiger partial charge in [0.15, 0.2) is 5.69 Å². The Bertz CT molecular complexity index is 609. The first kappa shape index (κ1) is 13.8. The molecule has 0 bridgehead atoms. The molecule has 2 N–H and O–H groups in total. The molecule has 1 aromatic heterocycles. The van der Waals surface area contributed by atoms with Crippen molar-refractivity contribution in [1.29, 1.82) is 0 Å². The maximum atomic E-state index is 12.5. The summed E-state index contributed by atoms with van der Waals surface area (Å²) in [5, 5.41) is 7.88. The monoisotopic (exact) mass is 285 g/mol. The Kier molecular flexibility index (Phi) is 3.96. The molecule has 0 unspecified atom stereocenters. The molecule has 0 fully saturated rings. The minimum absolute atomic E-state index is 0.0499. The van der Waals surface area contributed by atoms with Gasteiger partial charge in [-0.05, 0) is 24.0 Å². The molecule has 110 valence electrons. The van der Waals surface area contributed by atoms with Crippen LogP contribution in [0.1, 0.15) is 21.6 Å². The van der Waals surface area contributed by atoms with Crippen molar-refractivity contribution in [2.45, 2.75) is 19.4 Å². The normalized spacial score (nSPS) is 14.6. The molecule has 0 aliphatic carbocycles. The second kappa shape index (κ2) is 6.05. The van der Waals surface area contributed by atoms with E-state index in [4.69, 9.17) is 5.73 Å². The van der Waals surface area contributed by atoms with Crippen LogP contribution in [-0.2, 0) is 19.4 Å². The van der Waals surface area contributed by atoms with Crippen LogP contribution in [0.5, 0.6) is 0 Å². The SMILES string of the molecule is NCCn1cc(C(=O)N2CCc3ccccc3CC2)nn1. The smallest absolute Gasteiger partial charge is 0.276 e. The molecule has 0 radical (unpaired) electrons. The van der Waals surface area contributed by atoms with E-state index < -0.39 is 0 Å². The molecule has 0 saturated carbocycles. The van der Waals surface area contributed by atoms with Crippen LogP contribution in [0.3, 0.4) is 0 Å². The summed E-state index contributed by atoms with van der Waals surface area (Å²) in [6, 6.07) is 8.38. The Morgan fingerprint density at radius 3 is 2.48 bits per heavy atom. The van der Waals surface area contributed by atoms with E-state index >= 15 is 0 Å². The molecule has 1 aliphatic heterocycles. The predicted octanol–water partition coefficient (Wildman–Crippen LogP) is 0.478. The van der Waals surface area contributed by atoms with Crippen molar-refractivity contribution in [3.8, 4) is 0 Å². The summed E-state index contributed by atoms with van der Waals surface area (Å²) in [6.07, 6.45) is 3.45. The molecule has 0 saturated heterocycles. The average molecular weight is 285 g/mol. The van der Waals surface area contributed by atoms with Gasteiger partial charge in [-0.15, -0.1) is 5.10 Å². The highest BCUT2D eigenvalue weighted by Gasteiger charge is 2.21. The highest BCUT2D eigenvalue weighted by Crippen LogP contribution is 2.16. The Morgan fingerprint density at radius 1 is 1.19 bits per heavy atom. The number of aromatic nitrogens is 3. The third-order valence-corrected chi connectivity index (χ3v) is 3.82. The third-order valence-electron chi connectivity index (χ3n) is 3.82. The Labute approximate surface area is 123 Å². The number of rotatable bonds is 3. The molecule has 0 spiro atoms. The van der Waals surface area contributed by atoms with E-state index in [9.17, 15) is 4.79 Å². The van der Waals surface area contributed by atoms with Crippen molar-refractivity contribution in [2.75, 3.05) is 19.6 Å². The Hall–Kier alpha value is -2.21. The van der Waals surface area contributed by atoms with Gasteiger partial charge in [0.1, 0.15) is 0 Å². The Morgan fingerprint density at radius 2 is 1.86 bits per heavy atom. The van der Waals surface area contributed by atoms with Gasteiger partial charge in [-0.25, -0.2) is 0 Å². The number of carbonyl (C=O) groups excluding carboxylic acids is 1. The fourth-order valence-corrected chi connectivity index (χ4v) is 2.67. The number of hydrogen-bond donors (Lipinski definition) is 1. The summed E-state index contributed by atoms with van der Waals surface area (Å²) in [5.41, 5.74) is 8.54. The van der Waals surface area contributed by atoms with Gasteiger partial charge >= 0.3 is 0 Å². The lowest BCUT2D eigenvalue weighted by molar-refractivity contribution is 0.0757. The molecule has 6 nitrogen and oxygen atoms in total. The highest BCUT2D eigenvalue weighted by atomic mass is 16.2. The van der Waals surface area contributed by atoms with Crippen molar-refractivity contribution in [3.05, 3.63) is 47.3 Å². The zero-order valence-corrected chi connectivity index (χ0v) is 11.9. The van der Waals surface area contributed by atoms with Gasteiger partial charge < -0.3 is 10.6 Å². The molecule has 1 amide bonds. The van der Waals surface area contributed by atoms with Crippen LogP contribution >= 0.6 is 0 Å². The van der Waals surface area contributed by atoms with E-state index in [1.54, 1.807) is 10.9 Å². The van der Waals surface area contributed by atoms with Crippen molar-refractivity contribution in [1.82, 2.24) is 19.9 Å². The molecule has 2 aromatic rings. The Balaban J connectivity index is 1.71. The van der Waals surface area contributed by atoms with Crippen LogP contribution in [0.25, 0.3) is 0 Å². The maximum absolute atomic E-state index is 12.5. The zero-order chi connectivity index (χ0) is 14.7. The number of carbonyl (C=O) groups is 1. The van der Waals surface area contributed by atoms with E-state index in [-0.39, 0.29) is 5.91 Å². The number of benzene rings is 1. The lowest BCUT2D eigenvalue weighted by Crippen LogP contribution is -2.33. The predicted molar refractivity (Wildman–Crippen MR) is 78.8 cm³/mol. The van der Waals surface area contributed by atoms with Gasteiger partial charge in [0.2, 0.25) is 0 Å². The molecule has 3 rings (SSSR count). The number of nitrogens with two attached hydrogens (primary N) is 1. The van der Waals surface area contributed by atoms with E-state index in [2.05, 4.69) is 34.6 Å². The van der Waals surface area contributed by atoms with Crippen LogP contribution in [0.4, 0.5) is 0 Å². The molecular weight excluding hydrogens is 266 g/mol. The number of amides is 1. The van der Waals surface area contributed by atoms with Crippen LogP contribution in [0.2, 0.25) is 0 Å². The summed E-state index contributed by atoms with van der Waals surface area (Å²) in [5.74, 6) is -0.0499. The molecule has 6 heteroatoms. The van der Waals surface area contributed by atoms with Gasteiger partial charge in [0.05, 0.1) is 12.7 Å². The average Bonchev–Trinajstić information content (AvgIpc) is 2.86. The largest absolute Gasteiger partial charge is 0.337 e. The summed E-state index contributed by atoms with van der Waals surface area (Å²) < 4.78 is 1.61. The first-order valence-electron chi connectivity index (χ1n) is 7.24. The molecule has 0 atom stereocenters. The lowest BCUT2D eigenvalue weighted by Gasteiger charge is -2.18. The number of hydrogen-bond acceptors (Lipinski definition) is 4.